The van der Waals surface area contributed by atoms with Crippen molar-refractivity contribution < 1.29 is 9.50 Å². The zero-order valence-electron chi connectivity index (χ0n) is 10.6. The van der Waals surface area contributed by atoms with Crippen LogP contribution < -0.4 is 5.32 Å². The molecule has 0 radical (unpaired) electrons. The molecule has 0 fully saturated rings. The minimum Gasteiger partial charge on any atom is -0.384 e. The second kappa shape index (κ2) is 4.92. The van der Waals surface area contributed by atoms with E-state index in [4.69, 9.17) is 11.6 Å². The summed E-state index contributed by atoms with van der Waals surface area (Å²) < 4.78 is 12.9. The van der Waals surface area contributed by atoms with Gasteiger partial charge in [0, 0.05) is 22.7 Å². The molecule has 0 aromatic heterocycles. The van der Waals surface area contributed by atoms with E-state index >= 15 is 0 Å². The van der Waals surface area contributed by atoms with Gasteiger partial charge >= 0.3 is 0 Å². The van der Waals surface area contributed by atoms with Crippen molar-refractivity contribution in [3.05, 3.63) is 34.6 Å². The minimum absolute atomic E-state index is 0.101. The van der Waals surface area contributed by atoms with Gasteiger partial charge in [0.25, 0.3) is 0 Å². The molecule has 0 saturated heterocycles. The monoisotopic (exact) mass is 259 g/mol. The van der Waals surface area contributed by atoms with Crippen molar-refractivity contribution in [1.29, 1.82) is 0 Å². The van der Waals surface area contributed by atoms with Gasteiger partial charge < -0.3 is 10.4 Å². The maximum atomic E-state index is 12.9. The number of aliphatic hydroxyl groups is 1. The molecule has 96 valence electrons. The molecule has 0 amide bonds. The van der Waals surface area contributed by atoms with Gasteiger partial charge in [0.15, 0.2) is 0 Å². The lowest BCUT2D eigenvalue weighted by Gasteiger charge is -2.30. The van der Waals surface area contributed by atoms with Gasteiger partial charge in [-0.2, -0.15) is 0 Å². The van der Waals surface area contributed by atoms with Crippen molar-refractivity contribution in [1.82, 2.24) is 5.32 Å². The molecule has 0 heterocycles. The molecule has 1 aromatic carbocycles. The Kier molecular flexibility index (Phi) is 4.18. The molecule has 1 unspecified atom stereocenters. The van der Waals surface area contributed by atoms with Gasteiger partial charge in [-0.05, 0) is 39.8 Å². The van der Waals surface area contributed by atoms with E-state index in [1.54, 1.807) is 6.92 Å². The van der Waals surface area contributed by atoms with E-state index in [0.29, 0.717) is 12.1 Å². The van der Waals surface area contributed by atoms with Crippen LogP contribution in [0.2, 0.25) is 5.02 Å². The van der Waals surface area contributed by atoms with Crippen LogP contribution in [0.15, 0.2) is 18.2 Å². The second-order valence-corrected chi connectivity index (χ2v) is 5.91. The zero-order chi connectivity index (χ0) is 13.3. The fourth-order valence-electron chi connectivity index (χ4n) is 1.46. The van der Waals surface area contributed by atoms with E-state index in [1.807, 2.05) is 20.8 Å². The first-order valence-electron chi connectivity index (χ1n) is 5.55. The summed E-state index contributed by atoms with van der Waals surface area (Å²) in [5.74, 6) is -0.404. The predicted molar refractivity (Wildman–Crippen MR) is 68.7 cm³/mol. The van der Waals surface area contributed by atoms with Crippen molar-refractivity contribution >= 4 is 11.6 Å². The molecule has 2 nitrogen and oxygen atoms in total. The van der Waals surface area contributed by atoms with E-state index < -0.39 is 11.4 Å². The SMILES string of the molecule is CC(C)(C)NCC(C)(O)c1ccc(F)cc1Cl. The Morgan fingerprint density at radius 1 is 1.29 bits per heavy atom. The summed E-state index contributed by atoms with van der Waals surface area (Å²) in [7, 11) is 0. The van der Waals surface area contributed by atoms with E-state index in [-0.39, 0.29) is 10.6 Å². The molecule has 1 rings (SSSR count). The molecule has 0 aliphatic heterocycles. The number of benzene rings is 1. The average Bonchev–Trinajstić information content (AvgIpc) is 2.13. The van der Waals surface area contributed by atoms with Crippen molar-refractivity contribution in [2.24, 2.45) is 0 Å². The van der Waals surface area contributed by atoms with Crippen LogP contribution in [0.5, 0.6) is 0 Å². The molecule has 2 N–H and O–H groups in total. The highest BCUT2D eigenvalue weighted by Gasteiger charge is 2.27. The lowest BCUT2D eigenvalue weighted by Crippen LogP contribution is -2.44. The Balaban J connectivity index is 2.89. The van der Waals surface area contributed by atoms with Crippen LogP contribution in [0.4, 0.5) is 4.39 Å². The second-order valence-electron chi connectivity index (χ2n) is 5.50. The molecular formula is C13H19ClFNO. The third kappa shape index (κ3) is 4.26. The van der Waals surface area contributed by atoms with Gasteiger partial charge in [-0.25, -0.2) is 4.39 Å². The van der Waals surface area contributed by atoms with Crippen molar-refractivity contribution in [3.8, 4) is 0 Å². The van der Waals surface area contributed by atoms with Gasteiger partial charge in [-0.1, -0.05) is 17.7 Å². The maximum absolute atomic E-state index is 12.9. The van der Waals surface area contributed by atoms with Crippen LogP contribution in [-0.2, 0) is 5.60 Å². The topological polar surface area (TPSA) is 32.3 Å². The smallest absolute Gasteiger partial charge is 0.124 e. The Labute approximate surface area is 107 Å². The molecule has 4 heteroatoms. The fourth-order valence-corrected chi connectivity index (χ4v) is 1.83. The largest absolute Gasteiger partial charge is 0.384 e. The lowest BCUT2D eigenvalue weighted by atomic mass is 9.94. The van der Waals surface area contributed by atoms with Crippen molar-refractivity contribution in [2.45, 2.75) is 38.8 Å². The summed E-state index contributed by atoms with van der Waals surface area (Å²) in [6.45, 7) is 8.03. The Hall–Kier alpha value is -0.640. The highest BCUT2D eigenvalue weighted by atomic mass is 35.5. The van der Waals surface area contributed by atoms with Crippen LogP contribution in [0.1, 0.15) is 33.3 Å². The number of nitrogens with one attached hydrogen (secondary N) is 1. The molecule has 0 aliphatic rings. The summed E-state index contributed by atoms with van der Waals surface area (Å²) in [5.41, 5.74) is -0.702. The predicted octanol–water partition coefficient (Wildman–Crippen LogP) is 3.07. The first-order valence-corrected chi connectivity index (χ1v) is 5.92. The molecule has 1 atom stereocenters. The normalized spacial score (nSPS) is 15.7. The third-order valence-corrected chi connectivity index (χ3v) is 2.79. The highest BCUT2D eigenvalue weighted by molar-refractivity contribution is 6.31. The average molecular weight is 260 g/mol. The Morgan fingerprint density at radius 3 is 2.35 bits per heavy atom. The number of β-amino-alcohol motifs (C(OH)–C–C–N with tert-alkyl or cyclic N) is 1. The molecule has 0 spiro atoms. The standard InChI is InChI=1S/C13H19ClFNO/c1-12(2,3)16-8-13(4,17)10-6-5-9(15)7-11(10)14/h5-7,16-17H,8H2,1-4H3. The molecule has 1 aromatic rings. The molecular weight excluding hydrogens is 241 g/mol. The minimum atomic E-state index is -1.13. The summed E-state index contributed by atoms with van der Waals surface area (Å²) >= 11 is 5.94. The van der Waals surface area contributed by atoms with Crippen LogP contribution in [0.25, 0.3) is 0 Å². The van der Waals surface area contributed by atoms with Crippen LogP contribution >= 0.6 is 11.6 Å². The third-order valence-electron chi connectivity index (χ3n) is 2.47. The first kappa shape index (κ1) is 14.4. The van der Waals surface area contributed by atoms with Gasteiger partial charge in [0.2, 0.25) is 0 Å². The zero-order valence-corrected chi connectivity index (χ0v) is 11.4. The van der Waals surface area contributed by atoms with Crippen molar-refractivity contribution in [2.75, 3.05) is 6.54 Å². The van der Waals surface area contributed by atoms with Crippen LogP contribution in [0, 0.1) is 5.82 Å². The number of hydrogen-bond donors (Lipinski definition) is 2. The van der Waals surface area contributed by atoms with Gasteiger partial charge in [0.1, 0.15) is 11.4 Å². The Bertz CT molecular complexity index is 399. The summed E-state index contributed by atoms with van der Waals surface area (Å²) in [6, 6.07) is 4.03. The number of halogens is 2. The Morgan fingerprint density at radius 2 is 1.88 bits per heavy atom. The van der Waals surface area contributed by atoms with E-state index in [9.17, 15) is 9.50 Å². The molecule has 0 bridgehead atoms. The van der Waals surface area contributed by atoms with Crippen LogP contribution in [0.3, 0.4) is 0 Å². The maximum Gasteiger partial charge on any atom is 0.124 e. The summed E-state index contributed by atoms with van der Waals surface area (Å²) in [6.07, 6.45) is 0. The van der Waals surface area contributed by atoms with E-state index in [0.717, 1.165) is 0 Å². The lowest BCUT2D eigenvalue weighted by molar-refractivity contribution is 0.0502. The van der Waals surface area contributed by atoms with Gasteiger partial charge in [0.05, 0.1) is 0 Å². The fraction of sp³-hybridized carbons (Fsp3) is 0.538. The first-order chi connectivity index (χ1) is 7.62. The van der Waals surface area contributed by atoms with Gasteiger partial charge in [-0.15, -0.1) is 0 Å². The number of rotatable bonds is 3. The molecule has 17 heavy (non-hydrogen) atoms. The molecule has 0 aliphatic carbocycles. The molecule has 0 saturated carbocycles. The quantitative estimate of drug-likeness (QED) is 0.874. The van der Waals surface area contributed by atoms with E-state index in [1.165, 1.54) is 18.2 Å². The number of hydrogen-bond acceptors (Lipinski definition) is 2. The van der Waals surface area contributed by atoms with Gasteiger partial charge in [-0.3, -0.25) is 0 Å². The van der Waals surface area contributed by atoms with Crippen molar-refractivity contribution in [3.63, 3.8) is 0 Å². The summed E-state index contributed by atoms with van der Waals surface area (Å²) in [4.78, 5) is 0. The van der Waals surface area contributed by atoms with E-state index in [2.05, 4.69) is 5.32 Å². The summed E-state index contributed by atoms with van der Waals surface area (Å²) in [5, 5.41) is 13.8. The van der Waals surface area contributed by atoms with Crippen LogP contribution in [-0.4, -0.2) is 17.2 Å². The highest BCUT2D eigenvalue weighted by Crippen LogP contribution is 2.28.